The molecule has 3 rings (SSSR count). The maximum Gasteiger partial charge on any atom is 0.253 e. The van der Waals surface area contributed by atoms with Crippen LogP contribution >= 0.6 is 0 Å². The Kier molecular flexibility index (Phi) is 5.49. The molecule has 0 bridgehead atoms. The molecular formula is C20H25N3O. The maximum atomic E-state index is 12.2. The number of para-hydroxylation sites is 1. The lowest BCUT2D eigenvalue weighted by Crippen LogP contribution is -2.29. The number of nitrogen functional groups attached to an aromatic ring is 1. The van der Waals surface area contributed by atoms with Crippen molar-refractivity contribution in [2.45, 2.75) is 32.4 Å². The van der Waals surface area contributed by atoms with Crippen molar-refractivity contribution in [2.75, 3.05) is 18.8 Å². The Morgan fingerprint density at radius 1 is 0.958 bits per heavy atom. The van der Waals surface area contributed by atoms with Crippen molar-refractivity contribution < 1.29 is 4.79 Å². The van der Waals surface area contributed by atoms with E-state index in [0.717, 1.165) is 12.1 Å². The van der Waals surface area contributed by atoms with Crippen molar-refractivity contribution in [1.82, 2.24) is 10.2 Å². The number of nitrogens with one attached hydrogen (secondary N) is 1. The van der Waals surface area contributed by atoms with Gasteiger partial charge in [-0.25, -0.2) is 0 Å². The van der Waals surface area contributed by atoms with Gasteiger partial charge in [0.2, 0.25) is 0 Å². The zero-order valence-corrected chi connectivity index (χ0v) is 14.0. The maximum absolute atomic E-state index is 12.2. The molecule has 2 aromatic carbocycles. The summed E-state index contributed by atoms with van der Waals surface area (Å²) in [6, 6.07) is 15.6. The summed E-state index contributed by atoms with van der Waals surface area (Å²) in [4.78, 5) is 14.7. The fourth-order valence-corrected chi connectivity index (χ4v) is 3.12. The summed E-state index contributed by atoms with van der Waals surface area (Å²) in [6.07, 6.45) is 3.99. The van der Waals surface area contributed by atoms with Crippen LogP contribution in [0, 0.1) is 0 Å². The number of nitrogens with two attached hydrogens (primary N) is 1. The van der Waals surface area contributed by atoms with E-state index < -0.39 is 0 Å². The number of rotatable bonds is 5. The largest absolute Gasteiger partial charge is 0.398 e. The summed E-state index contributed by atoms with van der Waals surface area (Å²) in [7, 11) is 0. The smallest absolute Gasteiger partial charge is 0.253 e. The fraction of sp³-hybridized carbons (Fsp3) is 0.350. The standard InChI is InChI=1S/C20H25N3O/c21-19-7-3-2-6-18(19)20(24)22-14-16-8-10-17(11-9-16)15-23-12-4-1-5-13-23/h2-3,6-11H,1,4-5,12-15,21H2,(H,22,24). The third-order valence-corrected chi connectivity index (χ3v) is 4.54. The van der Waals surface area contributed by atoms with Crippen LogP contribution in [0.3, 0.4) is 0 Å². The normalized spacial score (nSPS) is 15.2. The molecule has 1 heterocycles. The minimum Gasteiger partial charge on any atom is -0.398 e. The highest BCUT2D eigenvalue weighted by Crippen LogP contribution is 2.14. The Bertz CT molecular complexity index is 676. The topological polar surface area (TPSA) is 58.4 Å². The monoisotopic (exact) mass is 323 g/mol. The number of carbonyl (C=O) groups is 1. The molecule has 0 unspecified atom stereocenters. The van der Waals surface area contributed by atoms with Gasteiger partial charge in [0.1, 0.15) is 0 Å². The molecule has 1 aliphatic rings. The average molecular weight is 323 g/mol. The van der Waals surface area contributed by atoms with Gasteiger partial charge in [-0.3, -0.25) is 9.69 Å². The summed E-state index contributed by atoms with van der Waals surface area (Å²) >= 11 is 0. The molecule has 0 atom stereocenters. The van der Waals surface area contributed by atoms with Crippen LogP contribution in [0.25, 0.3) is 0 Å². The first-order valence-electron chi connectivity index (χ1n) is 8.65. The van der Waals surface area contributed by atoms with Gasteiger partial charge < -0.3 is 11.1 Å². The minimum atomic E-state index is -0.134. The van der Waals surface area contributed by atoms with Gasteiger partial charge in [0.25, 0.3) is 5.91 Å². The molecule has 1 saturated heterocycles. The fourth-order valence-electron chi connectivity index (χ4n) is 3.12. The zero-order valence-electron chi connectivity index (χ0n) is 14.0. The van der Waals surface area contributed by atoms with Gasteiger partial charge in [-0.1, -0.05) is 42.8 Å². The molecule has 24 heavy (non-hydrogen) atoms. The van der Waals surface area contributed by atoms with E-state index in [2.05, 4.69) is 34.5 Å². The van der Waals surface area contributed by atoms with E-state index in [0.29, 0.717) is 17.8 Å². The van der Waals surface area contributed by atoms with Crippen LogP contribution in [0.15, 0.2) is 48.5 Å². The van der Waals surface area contributed by atoms with Gasteiger partial charge in [0.05, 0.1) is 5.56 Å². The molecule has 0 saturated carbocycles. The molecule has 1 fully saturated rings. The van der Waals surface area contributed by atoms with Gasteiger partial charge in [-0.05, 0) is 49.2 Å². The number of benzene rings is 2. The molecular weight excluding hydrogens is 298 g/mol. The summed E-state index contributed by atoms with van der Waals surface area (Å²) in [5.41, 5.74) is 9.30. The van der Waals surface area contributed by atoms with Crippen LogP contribution in [-0.4, -0.2) is 23.9 Å². The molecule has 3 N–H and O–H groups in total. The third-order valence-electron chi connectivity index (χ3n) is 4.54. The number of likely N-dealkylation sites (tertiary alicyclic amines) is 1. The van der Waals surface area contributed by atoms with Crippen LogP contribution in [0.4, 0.5) is 5.69 Å². The van der Waals surface area contributed by atoms with Crippen LogP contribution in [0.1, 0.15) is 40.7 Å². The number of carbonyl (C=O) groups excluding carboxylic acids is 1. The van der Waals surface area contributed by atoms with E-state index in [-0.39, 0.29) is 5.91 Å². The second kappa shape index (κ2) is 7.97. The highest BCUT2D eigenvalue weighted by molar-refractivity contribution is 5.98. The molecule has 0 spiro atoms. The number of anilines is 1. The van der Waals surface area contributed by atoms with Crippen molar-refractivity contribution in [1.29, 1.82) is 0 Å². The number of nitrogens with zero attached hydrogens (tertiary/aromatic N) is 1. The van der Waals surface area contributed by atoms with Gasteiger partial charge in [0, 0.05) is 18.8 Å². The van der Waals surface area contributed by atoms with Gasteiger partial charge in [0.15, 0.2) is 0 Å². The Hall–Kier alpha value is -2.33. The van der Waals surface area contributed by atoms with Crippen molar-refractivity contribution in [3.8, 4) is 0 Å². The Balaban J connectivity index is 1.52. The first kappa shape index (κ1) is 16.5. The van der Waals surface area contributed by atoms with Gasteiger partial charge in [-0.15, -0.1) is 0 Å². The van der Waals surface area contributed by atoms with E-state index in [1.165, 1.54) is 37.9 Å². The quantitative estimate of drug-likeness (QED) is 0.831. The molecule has 0 aromatic heterocycles. The van der Waals surface area contributed by atoms with E-state index in [4.69, 9.17) is 5.73 Å². The summed E-state index contributed by atoms with van der Waals surface area (Å²) in [5.74, 6) is -0.134. The summed E-state index contributed by atoms with van der Waals surface area (Å²) < 4.78 is 0. The zero-order chi connectivity index (χ0) is 16.8. The SMILES string of the molecule is Nc1ccccc1C(=O)NCc1ccc(CN2CCCCC2)cc1. The van der Waals surface area contributed by atoms with E-state index >= 15 is 0 Å². The lowest BCUT2D eigenvalue weighted by molar-refractivity contribution is 0.0952. The molecule has 0 radical (unpaired) electrons. The third kappa shape index (κ3) is 4.36. The van der Waals surface area contributed by atoms with E-state index in [1.807, 2.05) is 12.1 Å². The Morgan fingerprint density at radius 3 is 2.33 bits per heavy atom. The highest BCUT2D eigenvalue weighted by atomic mass is 16.1. The van der Waals surface area contributed by atoms with E-state index in [1.54, 1.807) is 12.1 Å². The minimum absolute atomic E-state index is 0.134. The van der Waals surface area contributed by atoms with Crippen molar-refractivity contribution >= 4 is 11.6 Å². The van der Waals surface area contributed by atoms with Crippen LogP contribution in [0.2, 0.25) is 0 Å². The second-order valence-corrected chi connectivity index (χ2v) is 6.42. The lowest BCUT2D eigenvalue weighted by Gasteiger charge is -2.26. The molecule has 1 amide bonds. The van der Waals surface area contributed by atoms with Crippen molar-refractivity contribution in [3.63, 3.8) is 0 Å². The van der Waals surface area contributed by atoms with Crippen molar-refractivity contribution in [2.24, 2.45) is 0 Å². The van der Waals surface area contributed by atoms with Crippen LogP contribution in [0.5, 0.6) is 0 Å². The first-order chi connectivity index (χ1) is 11.7. The number of hydrogen-bond acceptors (Lipinski definition) is 3. The molecule has 1 aliphatic heterocycles. The number of hydrogen-bond donors (Lipinski definition) is 2. The highest BCUT2D eigenvalue weighted by Gasteiger charge is 2.11. The molecule has 0 aliphatic carbocycles. The number of amides is 1. The first-order valence-corrected chi connectivity index (χ1v) is 8.65. The predicted molar refractivity (Wildman–Crippen MR) is 97.6 cm³/mol. The Labute approximate surface area is 143 Å². The molecule has 126 valence electrons. The summed E-state index contributed by atoms with van der Waals surface area (Å²) in [5, 5.41) is 2.93. The molecule has 4 nitrogen and oxygen atoms in total. The van der Waals surface area contributed by atoms with Crippen molar-refractivity contribution in [3.05, 3.63) is 65.2 Å². The van der Waals surface area contributed by atoms with E-state index in [9.17, 15) is 4.79 Å². The second-order valence-electron chi connectivity index (χ2n) is 6.42. The lowest BCUT2D eigenvalue weighted by atomic mass is 10.1. The molecule has 2 aromatic rings. The van der Waals surface area contributed by atoms with Gasteiger partial charge in [-0.2, -0.15) is 0 Å². The number of piperidine rings is 1. The average Bonchev–Trinajstić information content (AvgIpc) is 2.62. The van der Waals surface area contributed by atoms with Crippen LogP contribution in [-0.2, 0) is 13.1 Å². The summed E-state index contributed by atoms with van der Waals surface area (Å²) in [6.45, 7) is 3.94. The predicted octanol–water partition coefficient (Wildman–Crippen LogP) is 3.18. The van der Waals surface area contributed by atoms with Crippen LogP contribution < -0.4 is 11.1 Å². The molecule has 4 heteroatoms. The van der Waals surface area contributed by atoms with Gasteiger partial charge >= 0.3 is 0 Å². The Morgan fingerprint density at radius 2 is 1.62 bits per heavy atom.